The molecule has 1 aromatic carbocycles. The molecule has 52 heavy (non-hydrogen) atoms. The molecule has 13 heteroatoms. The number of aromatic nitrogens is 3. The van der Waals surface area contributed by atoms with E-state index in [9.17, 15) is 19.8 Å². The number of rotatable bonds is 13. The SMILES string of the molecule is CCn1c(-c2cc(N3CCN(C)CC3)cnc2[C@H](C)OC)c(CC(C)(C)CO)c2cc(-c3csc(CC(NC(=O)OC(C)(C)C)C(=O)O)n3)ccc21. The van der Waals surface area contributed by atoms with E-state index >= 15 is 0 Å². The van der Waals surface area contributed by atoms with Crippen LogP contribution < -0.4 is 10.2 Å². The van der Waals surface area contributed by atoms with Gasteiger partial charge >= 0.3 is 12.1 Å². The maximum Gasteiger partial charge on any atom is 0.408 e. The zero-order valence-electron chi connectivity index (χ0n) is 31.9. The molecule has 1 unspecified atom stereocenters. The molecule has 1 aliphatic heterocycles. The standard InChI is InChI=1S/C39H54N6O6S/c1-10-45-32-12-11-25(31-22-52-33(41-31)19-30(36(47)48)42-37(49)51-38(3,4)5)17-27(32)29(20-39(6,7)23-46)35(45)28-18-26(21-40-34(28)24(2)50-9)44-15-13-43(8)14-16-44/h11-12,17-18,21-22,24,30,46H,10,13-16,19-20,23H2,1-9H3,(H,42,49)(H,47,48)/t24-,30?/m0/s1. The molecule has 0 spiro atoms. The molecule has 1 aliphatic rings. The van der Waals surface area contributed by atoms with E-state index in [2.05, 4.69) is 65.7 Å². The lowest BCUT2D eigenvalue weighted by atomic mass is 9.84. The number of carbonyl (C=O) groups excluding carboxylic acids is 1. The number of nitrogens with zero attached hydrogens (tertiary/aromatic N) is 5. The van der Waals surface area contributed by atoms with E-state index in [0.717, 1.165) is 70.8 Å². The first-order valence-corrected chi connectivity index (χ1v) is 18.8. The van der Waals surface area contributed by atoms with Gasteiger partial charge in [-0.1, -0.05) is 19.9 Å². The molecule has 0 bridgehead atoms. The highest BCUT2D eigenvalue weighted by atomic mass is 32.1. The van der Waals surface area contributed by atoms with E-state index in [1.807, 2.05) is 24.6 Å². The zero-order valence-corrected chi connectivity index (χ0v) is 32.8. The largest absolute Gasteiger partial charge is 0.480 e. The monoisotopic (exact) mass is 734 g/mol. The van der Waals surface area contributed by atoms with Crippen molar-refractivity contribution in [2.45, 2.75) is 85.6 Å². The van der Waals surface area contributed by atoms with Gasteiger partial charge in [-0.25, -0.2) is 14.6 Å². The van der Waals surface area contributed by atoms with Crippen LogP contribution in [0.3, 0.4) is 0 Å². The molecule has 1 saturated heterocycles. The average Bonchev–Trinajstić information content (AvgIpc) is 3.68. The summed E-state index contributed by atoms with van der Waals surface area (Å²) in [6.07, 6.45) is 1.56. The highest BCUT2D eigenvalue weighted by Crippen LogP contribution is 2.42. The summed E-state index contributed by atoms with van der Waals surface area (Å²) in [6.45, 7) is 18.0. The van der Waals surface area contributed by atoms with Gasteiger partial charge < -0.3 is 39.4 Å². The Morgan fingerprint density at radius 2 is 1.81 bits per heavy atom. The number of anilines is 1. The number of fused-ring (bicyclic) bond motifs is 1. The van der Waals surface area contributed by atoms with Crippen molar-refractivity contribution < 1.29 is 29.3 Å². The van der Waals surface area contributed by atoms with Gasteiger partial charge in [0.05, 0.1) is 40.1 Å². The van der Waals surface area contributed by atoms with Gasteiger partial charge in [0.15, 0.2) is 0 Å². The normalized spacial score (nSPS) is 15.5. The van der Waals surface area contributed by atoms with Crippen LogP contribution in [0.1, 0.15) is 70.8 Å². The molecule has 1 amide bonds. The second-order valence-corrected chi connectivity index (χ2v) is 16.4. The number of aliphatic hydroxyl groups is 1. The van der Waals surface area contributed by atoms with Crippen molar-refractivity contribution in [2.75, 3.05) is 51.8 Å². The number of hydrogen-bond acceptors (Lipinski definition) is 10. The van der Waals surface area contributed by atoms with Crippen molar-refractivity contribution in [3.05, 3.63) is 52.1 Å². The van der Waals surface area contributed by atoms with Gasteiger partial charge in [0.25, 0.3) is 0 Å². The fourth-order valence-electron chi connectivity index (χ4n) is 6.62. The second-order valence-electron chi connectivity index (χ2n) is 15.5. The number of pyridine rings is 1. The minimum Gasteiger partial charge on any atom is -0.480 e. The molecule has 12 nitrogen and oxygen atoms in total. The predicted molar refractivity (Wildman–Crippen MR) is 206 cm³/mol. The van der Waals surface area contributed by atoms with Crippen molar-refractivity contribution in [2.24, 2.45) is 5.41 Å². The highest BCUT2D eigenvalue weighted by molar-refractivity contribution is 7.10. The summed E-state index contributed by atoms with van der Waals surface area (Å²) in [5.41, 5.74) is 6.64. The molecular weight excluding hydrogens is 681 g/mol. The molecule has 2 atom stereocenters. The number of nitrogens with one attached hydrogen (secondary N) is 1. The minimum absolute atomic E-state index is 0.0172. The number of aliphatic hydroxyl groups excluding tert-OH is 1. The van der Waals surface area contributed by atoms with Crippen LogP contribution in [0.4, 0.5) is 10.5 Å². The number of likely N-dealkylation sites (N-methyl/N-ethyl adjacent to an activating group) is 1. The lowest BCUT2D eigenvalue weighted by molar-refractivity contribution is -0.139. The summed E-state index contributed by atoms with van der Waals surface area (Å²) in [4.78, 5) is 39.0. The number of thiazole rings is 1. The average molecular weight is 735 g/mol. The predicted octanol–water partition coefficient (Wildman–Crippen LogP) is 6.39. The van der Waals surface area contributed by atoms with Crippen LogP contribution in [0.15, 0.2) is 35.8 Å². The van der Waals surface area contributed by atoms with E-state index in [0.29, 0.717) is 23.7 Å². The van der Waals surface area contributed by atoms with Crippen molar-refractivity contribution in [1.82, 2.24) is 24.8 Å². The van der Waals surface area contributed by atoms with Gasteiger partial charge in [-0.2, -0.15) is 0 Å². The Morgan fingerprint density at radius 1 is 1.10 bits per heavy atom. The molecular formula is C39H54N6O6S. The van der Waals surface area contributed by atoms with Crippen LogP contribution in [0.2, 0.25) is 0 Å². The number of carboxylic acids is 1. The van der Waals surface area contributed by atoms with Gasteiger partial charge in [0, 0.05) is 80.3 Å². The van der Waals surface area contributed by atoms with Gasteiger partial charge in [-0.3, -0.25) is 4.98 Å². The molecule has 0 saturated carbocycles. The Balaban J connectivity index is 1.61. The zero-order chi connectivity index (χ0) is 38.0. The van der Waals surface area contributed by atoms with E-state index in [1.54, 1.807) is 27.9 Å². The van der Waals surface area contributed by atoms with Crippen LogP contribution >= 0.6 is 11.3 Å². The number of ether oxygens (including phenoxy) is 2. The lowest BCUT2D eigenvalue weighted by Gasteiger charge is -2.34. The number of hydrogen-bond donors (Lipinski definition) is 3. The number of methoxy groups -OCH3 is 1. The number of benzene rings is 1. The smallest absolute Gasteiger partial charge is 0.408 e. The number of piperazine rings is 1. The summed E-state index contributed by atoms with van der Waals surface area (Å²) >= 11 is 1.35. The Bertz CT molecular complexity index is 1890. The van der Waals surface area contributed by atoms with Gasteiger partial charge in [0.1, 0.15) is 11.6 Å². The quantitative estimate of drug-likeness (QED) is 0.142. The number of amides is 1. The topological polar surface area (TPSA) is 142 Å². The van der Waals surface area contributed by atoms with Crippen molar-refractivity contribution >= 4 is 40.0 Å². The van der Waals surface area contributed by atoms with Crippen molar-refractivity contribution in [3.8, 4) is 22.5 Å². The van der Waals surface area contributed by atoms with E-state index in [4.69, 9.17) is 19.4 Å². The van der Waals surface area contributed by atoms with Gasteiger partial charge in [-0.05, 0) is 77.3 Å². The second kappa shape index (κ2) is 15.9. The number of aliphatic carboxylic acids is 1. The molecule has 3 N–H and O–H groups in total. The fraction of sp³-hybridized carbons (Fsp3) is 0.538. The highest BCUT2D eigenvalue weighted by Gasteiger charge is 2.30. The maximum absolute atomic E-state index is 12.4. The van der Waals surface area contributed by atoms with Crippen molar-refractivity contribution in [1.29, 1.82) is 0 Å². The summed E-state index contributed by atoms with van der Waals surface area (Å²) in [5.74, 6) is -1.16. The lowest BCUT2D eigenvalue weighted by Crippen LogP contribution is -2.44. The molecule has 282 valence electrons. The molecule has 0 aliphatic carbocycles. The maximum atomic E-state index is 12.4. The molecule has 4 aromatic rings. The first kappa shape index (κ1) is 39.2. The van der Waals surface area contributed by atoms with Crippen LogP contribution in [-0.4, -0.2) is 100 Å². The van der Waals surface area contributed by atoms with Crippen molar-refractivity contribution in [3.63, 3.8) is 0 Å². The molecule has 5 rings (SSSR count). The van der Waals surface area contributed by atoms with Crippen LogP contribution in [0.5, 0.6) is 0 Å². The summed E-state index contributed by atoms with van der Waals surface area (Å²) in [7, 11) is 3.85. The van der Waals surface area contributed by atoms with E-state index < -0.39 is 29.1 Å². The Labute approximate surface area is 310 Å². The van der Waals surface area contributed by atoms with E-state index in [-0.39, 0.29) is 19.1 Å². The number of aryl methyl sites for hydroxylation is 1. The third kappa shape index (κ3) is 8.94. The third-order valence-electron chi connectivity index (χ3n) is 9.55. The third-order valence-corrected chi connectivity index (χ3v) is 10.4. The summed E-state index contributed by atoms with van der Waals surface area (Å²) in [6, 6.07) is 7.38. The van der Waals surface area contributed by atoms with Crippen LogP contribution in [-0.2, 0) is 33.7 Å². The Morgan fingerprint density at radius 3 is 2.42 bits per heavy atom. The number of alkyl carbamates (subject to hydrolysis) is 1. The number of carbonyl (C=O) groups is 2. The molecule has 3 aromatic heterocycles. The fourth-order valence-corrected chi connectivity index (χ4v) is 7.47. The van der Waals surface area contributed by atoms with Crippen LogP contribution in [0, 0.1) is 5.41 Å². The first-order valence-electron chi connectivity index (χ1n) is 17.9. The molecule has 0 radical (unpaired) electrons. The van der Waals surface area contributed by atoms with Crippen LogP contribution in [0.25, 0.3) is 33.4 Å². The minimum atomic E-state index is -1.19. The first-order chi connectivity index (χ1) is 24.5. The summed E-state index contributed by atoms with van der Waals surface area (Å²) < 4.78 is 13.5. The molecule has 4 heterocycles. The van der Waals surface area contributed by atoms with E-state index in [1.165, 1.54) is 11.3 Å². The van der Waals surface area contributed by atoms with Gasteiger partial charge in [0.2, 0.25) is 0 Å². The Hall–Kier alpha value is -4.04. The van der Waals surface area contributed by atoms with Gasteiger partial charge in [-0.15, -0.1) is 11.3 Å². The number of carboxylic acid groups (broad SMARTS) is 1. The molecule has 1 fully saturated rings. The summed E-state index contributed by atoms with van der Waals surface area (Å²) in [5, 5.41) is 26.4. The Kier molecular flexibility index (Phi) is 12.0.